The van der Waals surface area contributed by atoms with Crippen LogP contribution in [0.15, 0.2) is 36.4 Å². The first kappa shape index (κ1) is 15.2. The summed E-state index contributed by atoms with van der Waals surface area (Å²) in [5.41, 5.74) is 8.60. The number of anilines is 1. The second-order valence-electron chi connectivity index (χ2n) is 4.72. The van der Waals surface area contributed by atoms with Gasteiger partial charge in [0.05, 0.1) is 12.8 Å². The largest absolute Gasteiger partial charge is 0.495 e. The van der Waals surface area contributed by atoms with E-state index in [1.807, 2.05) is 25.1 Å². The summed E-state index contributed by atoms with van der Waals surface area (Å²) in [5, 5.41) is 3.97. The zero-order chi connectivity index (χ0) is 15.4. The number of methoxy groups -OCH3 is 1. The Morgan fingerprint density at radius 2 is 1.95 bits per heavy atom. The van der Waals surface area contributed by atoms with Crippen LogP contribution in [-0.4, -0.2) is 13.0 Å². The number of benzene rings is 2. The first-order valence-electron chi connectivity index (χ1n) is 6.48. The molecule has 0 saturated carbocycles. The van der Waals surface area contributed by atoms with Gasteiger partial charge in [-0.2, -0.15) is 0 Å². The summed E-state index contributed by atoms with van der Waals surface area (Å²) in [6, 6.07) is 10.9. The van der Waals surface area contributed by atoms with E-state index in [9.17, 15) is 4.79 Å². The Hall–Kier alpha value is -2.20. The molecule has 0 bridgehead atoms. The first-order chi connectivity index (χ1) is 10.0. The van der Waals surface area contributed by atoms with Crippen LogP contribution in [0.4, 0.5) is 5.69 Å². The second kappa shape index (κ2) is 6.50. The molecule has 0 aliphatic rings. The number of halogens is 1. The van der Waals surface area contributed by atoms with E-state index in [-0.39, 0.29) is 0 Å². The van der Waals surface area contributed by atoms with Crippen LogP contribution < -0.4 is 15.8 Å². The highest BCUT2D eigenvalue weighted by Crippen LogP contribution is 2.31. The van der Waals surface area contributed by atoms with Gasteiger partial charge < -0.3 is 15.8 Å². The lowest BCUT2D eigenvalue weighted by atomic mass is 10.1. The van der Waals surface area contributed by atoms with Crippen LogP contribution in [0.5, 0.6) is 5.75 Å². The van der Waals surface area contributed by atoms with Crippen molar-refractivity contribution in [3.63, 3.8) is 0 Å². The zero-order valence-electron chi connectivity index (χ0n) is 11.9. The van der Waals surface area contributed by atoms with Crippen molar-refractivity contribution in [1.82, 2.24) is 0 Å². The SMILES string of the molecule is COc1cc(Cl)c(C)cc1NCc1ccc(C(N)=O)cc1. The van der Waals surface area contributed by atoms with Gasteiger partial charge in [0.2, 0.25) is 5.91 Å². The molecule has 3 N–H and O–H groups in total. The standard InChI is InChI=1S/C16H17ClN2O2/c1-10-7-14(15(21-2)8-13(10)17)19-9-11-3-5-12(6-4-11)16(18)20/h3-8,19H,9H2,1-2H3,(H2,18,20). The van der Waals surface area contributed by atoms with E-state index in [1.54, 1.807) is 25.3 Å². The average molecular weight is 305 g/mol. The first-order valence-corrected chi connectivity index (χ1v) is 6.86. The topological polar surface area (TPSA) is 64.3 Å². The minimum atomic E-state index is -0.426. The number of hydrogen-bond donors (Lipinski definition) is 2. The molecule has 2 aromatic carbocycles. The highest BCUT2D eigenvalue weighted by atomic mass is 35.5. The minimum Gasteiger partial charge on any atom is -0.495 e. The van der Waals surface area contributed by atoms with Crippen molar-refractivity contribution in [2.75, 3.05) is 12.4 Å². The van der Waals surface area contributed by atoms with E-state index in [4.69, 9.17) is 22.1 Å². The summed E-state index contributed by atoms with van der Waals surface area (Å²) in [5.74, 6) is 0.267. The number of nitrogens with one attached hydrogen (secondary N) is 1. The molecule has 0 unspecified atom stereocenters. The van der Waals surface area contributed by atoms with Crippen molar-refractivity contribution in [2.45, 2.75) is 13.5 Å². The molecule has 4 nitrogen and oxygen atoms in total. The molecule has 2 rings (SSSR count). The fourth-order valence-corrected chi connectivity index (χ4v) is 2.11. The predicted molar refractivity (Wildman–Crippen MR) is 85.0 cm³/mol. The molecule has 0 aliphatic heterocycles. The van der Waals surface area contributed by atoms with E-state index in [2.05, 4.69) is 5.32 Å². The van der Waals surface area contributed by atoms with E-state index >= 15 is 0 Å². The zero-order valence-corrected chi connectivity index (χ0v) is 12.7. The molecule has 2 aromatic rings. The monoisotopic (exact) mass is 304 g/mol. The molecule has 0 atom stereocenters. The van der Waals surface area contributed by atoms with Gasteiger partial charge in [-0.3, -0.25) is 4.79 Å². The number of nitrogens with two attached hydrogens (primary N) is 1. The van der Waals surface area contributed by atoms with Gasteiger partial charge in [0.15, 0.2) is 0 Å². The minimum absolute atomic E-state index is 0.426. The Labute approximate surface area is 128 Å². The van der Waals surface area contributed by atoms with Gasteiger partial charge in [-0.15, -0.1) is 0 Å². The molecule has 1 amide bonds. The molecule has 0 saturated heterocycles. The van der Waals surface area contributed by atoms with E-state index in [1.165, 1.54) is 0 Å². The van der Waals surface area contributed by atoms with Gasteiger partial charge in [-0.25, -0.2) is 0 Å². The van der Waals surface area contributed by atoms with Crippen molar-refractivity contribution in [3.05, 3.63) is 58.1 Å². The van der Waals surface area contributed by atoms with E-state index in [0.717, 1.165) is 16.8 Å². The van der Waals surface area contributed by atoms with Crippen LogP contribution in [-0.2, 0) is 6.54 Å². The number of hydrogen-bond acceptors (Lipinski definition) is 3. The number of primary amides is 1. The second-order valence-corrected chi connectivity index (χ2v) is 5.12. The summed E-state index contributed by atoms with van der Waals surface area (Å²) in [7, 11) is 1.60. The van der Waals surface area contributed by atoms with Gasteiger partial charge in [-0.1, -0.05) is 23.7 Å². The van der Waals surface area contributed by atoms with E-state index in [0.29, 0.717) is 22.9 Å². The number of ether oxygens (including phenoxy) is 1. The maximum absolute atomic E-state index is 11.0. The predicted octanol–water partition coefficient (Wildman–Crippen LogP) is 3.37. The number of carbonyl (C=O) groups is 1. The average Bonchev–Trinajstić information content (AvgIpc) is 2.48. The molecule has 0 aromatic heterocycles. The number of amides is 1. The van der Waals surface area contributed by atoms with Crippen LogP contribution in [0.2, 0.25) is 5.02 Å². The summed E-state index contributed by atoms with van der Waals surface area (Å²) >= 11 is 6.08. The summed E-state index contributed by atoms with van der Waals surface area (Å²) in [4.78, 5) is 11.0. The molecular weight excluding hydrogens is 288 g/mol. The normalized spacial score (nSPS) is 10.2. The summed E-state index contributed by atoms with van der Waals surface area (Å²) in [6.07, 6.45) is 0. The molecule has 0 heterocycles. The summed E-state index contributed by atoms with van der Waals surface area (Å²) < 4.78 is 5.31. The molecule has 0 fully saturated rings. The highest BCUT2D eigenvalue weighted by molar-refractivity contribution is 6.31. The summed E-state index contributed by atoms with van der Waals surface area (Å²) in [6.45, 7) is 2.55. The number of carbonyl (C=O) groups excluding carboxylic acids is 1. The molecule has 110 valence electrons. The van der Waals surface area contributed by atoms with Crippen LogP contribution in [0, 0.1) is 6.92 Å². The van der Waals surface area contributed by atoms with E-state index < -0.39 is 5.91 Å². The third-order valence-electron chi connectivity index (χ3n) is 3.20. The Morgan fingerprint density at radius 1 is 1.29 bits per heavy atom. The van der Waals surface area contributed by atoms with Crippen molar-refractivity contribution in [2.24, 2.45) is 5.73 Å². The lowest BCUT2D eigenvalue weighted by Crippen LogP contribution is -2.10. The van der Waals surface area contributed by atoms with Gasteiger partial charge in [0.1, 0.15) is 5.75 Å². The fraction of sp³-hybridized carbons (Fsp3) is 0.188. The Kier molecular flexibility index (Phi) is 4.70. The molecule has 0 spiro atoms. The molecule has 21 heavy (non-hydrogen) atoms. The van der Waals surface area contributed by atoms with Gasteiger partial charge in [0, 0.05) is 23.2 Å². The van der Waals surface area contributed by atoms with Crippen LogP contribution in [0.1, 0.15) is 21.5 Å². The van der Waals surface area contributed by atoms with Crippen LogP contribution in [0.3, 0.4) is 0 Å². The van der Waals surface area contributed by atoms with Crippen molar-refractivity contribution < 1.29 is 9.53 Å². The van der Waals surface area contributed by atoms with Crippen molar-refractivity contribution in [1.29, 1.82) is 0 Å². The molecule has 0 aliphatic carbocycles. The Morgan fingerprint density at radius 3 is 2.52 bits per heavy atom. The Bertz CT molecular complexity index is 654. The number of rotatable bonds is 5. The molecule has 5 heteroatoms. The quantitative estimate of drug-likeness (QED) is 0.890. The van der Waals surface area contributed by atoms with Gasteiger partial charge in [-0.05, 0) is 36.2 Å². The van der Waals surface area contributed by atoms with Crippen molar-refractivity contribution >= 4 is 23.2 Å². The molecular formula is C16H17ClN2O2. The maximum atomic E-state index is 11.0. The smallest absolute Gasteiger partial charge is 0.248 e. The van der Waals surface area contributed by atoms with Crippen LogP contribution >= 0.6 is 11.6 Å². The third-order valence-corrected chi connectivity index (χ3v) is 3.61. The van der Waals surface area contributed by atoms with Crippen LogP contribution in [0.25, 0.3) is 0 Å². The maximum Gasteiger partial charge on any atom is 0.248 e. The molecule has 0 radical (unpaired) electrons. The fourth-order valence-electron chi connectivity index (χ4n) is 1.95. The Balaban J connectivity index is 2.12. The lowest BCUT2D eigenvalue weighted by molar-refractivity contribution is 0.100. The van der Waals surface area contributed by atoms with Gasteiger partial charge >= 0.3 is 0 Å². The highest BCUT2D eigenvalue weighted by Gasteiger charge is 2.07. The van der Waals surface area contributed by atoms with Crippen molar-refractivity contribution in [3.8, 4) is 5.75 Å². The van der Waals surface area contributed by atoms with Gasteiger partial charge in [0.25, 0.3) is 0 Å². The third kappa shape index (κ3) is 3.67. The number of aryl methyl sites for hydroxylation is 1. The lowest BCUT2D eigenvalue weighted by Gasteiger charge is -2.13.